The third-order valence-electron chi connectivity index (χ3n) is 3.06. The van der Waals surface area contributed by atoms with Gasteiger partial charge < -0.3 is 15.2 Å². The molecule has 0 aromatic heterocycles. The van der Waals surface area contributed by atoms with Gasteiger partial charge in [-0.25, -0.2) is 9.82 Å². The van der Waals surface area contributed by atoms with Gasteiger partial charge in [-0.3, -0.25) is 9.59 Å². The second-order valence-electron chi connectivity index (χ2n) is 4.92. The van der Waals surface area contributed by atoms with Gasteiger partial charge in [0.05, 0.1) is 23.0 Å². The van der Waals surface area contributed by atoms with Crippen molar-refractivity contribution in [1.82, 2.24) is 5.43 Å². The number of hydrazone groups is 1. The van der Waals surface area contributed by atoms with E-state index in [0.29, 0.717) is 16.6 Å². The molecule has 2 aromatic carbocycles. The molecular formula is C17H15BrFN3O4. The molecule has 0 radical (unpaired) electrons. The summed E-state index contributed by atoms with van der Waals surface area (Å²) >= 11 is 3.18. The molecule has 3 N–H and O–H groups in total. The third-order valence-corrected chi connectivity index (χ3v) is 3.66. The predicted octanol–water partition coefficient (Wildman–Crippen LogP) is 2.78. The van der Waals surface area contributed by atoms with Gasteiger partial charge in [-0.15, -0.1) is 0 Å². The van der Waals surface area contributed by atoms with Crippen LogP contribution in [-0.4, -0.2) is 29.7 Å². The summed E-state index contributed by atoms with van der Waals surface area (Å²) in [6, 6.07) is 8.53. The Bertz CT molecular complexity index is 858. The highest BCUT2D eigenvalue weighted by molar-refractivity contribution is 9.10. The highest BCUT2D eigenvalue weighted by Gasteiger charge is 2.14. The lowest BCUT2D eigenvalue weighted by molar-refractivity contribution is -0.136. The number of hydrogen-bond acceptors (Lipinski definition) is 5. The molecule has 0 spiro atoms. The van der Waals surface area contributed by atoms with Gasteiger partial charge in [-0.2, -0.15) is 5.10 Å². The van der Waals surface area contributed by atoms with Gasteiger partial charge in [0.2, 0.25) is 0 Å². The predicted molar refractivity (Wildman–Crippen MR) is 97.7 cm³/mol. The first-order valence-corrected chi connectivity index (χ1v) is 8.26. The average Bonchev–Trinajstić information content (AvgIpc) is 2.61. The Labute approximate surface area is 157 Å². The third kappa shape index (κ3) is 5.03. The Morgan fingerprint density at radius 1 is 1.31 bits per heavy atom. The molecule has 0 fully saturated rings. The number of nitrogens with zero attached hydrogens (tertiary/aromatic N) is 1. The number of carbonyl (C=O) groups is 2. The number of phenols is 1. The molecule has 2 amide bonds. The van der Waals surface area contributed by atoms with E-state index in [1.54, 1.807) is 13.0 Å². The van der Waals surface area contributed by atoms with E-state index in [2.05, 4.69) is 26.3 Å². The lowest BCUT2D eigenvalue weighted by Crippen LogP contribution is -2.32. The van der Waals surface area contributed by atoms with Crippen molar-refractivity contribution in [2.45, 2.75) is 6.92 Å². The van der Waals surface area contributed by atoms with E-state index in [-0.39, 0.29) is 17.2 Å². The molecule has 0 saturated heterocycles. The summed E-state index contributed by atoms with van der Waals surface area (Å²) in [4.78, 5) is 23.4. The maximum absolute atomic E-state index is 13.4. The van der Waals surface area contributed by atoms with Crippen LogP contribution in [0.3, 0.4) is 0 Å². The number of aromatic hydroxyl groups is 1. The van der Waals surface area contributed by atoms with Crippen molar-refractivity contribution >= 4 is 39.6 Å². The van der Waals surface area contributed by atoms with Crippen LogP contribution in [0.5, 0.6) is 11.5 Å². The fraction of sp³-hybridized carbons (Fsp3) is 0.118. The highest BCUT2D eigenvalue weighted by Crippen LogP contribution is 2.35. The summed E-state index contributed by atoms with van der Waals surface area (Å²) in [6.07, 6.45) is 1.26. The van der Waals surface area contributed by atoms with Crippen LogP contribution in [0, 0.1) is 5.82 Å². The normalized spacial score (nSPS) is 10.6. The lowest BCUT2D eigenvalue weighted by atomic mass is 10.2. The molecule has 2 rings (SSSR count). The van der Waals surface area contributed by atoms with Gasteiger partial charge in [-0.1, -0.05) is 12.1 Å². The van der Waals surface area contributed by atoms with E-state index >= 15 is 0 Å². The van der Waals surface area contributed by atoms with Crippen molar-refractivity contribution in [1.29, 1.82) is 0 Å². The van der Waals surface area contributed by atoms with Crippen LogP contribution in [0.25, 0.3) is 0 Å². The zero-order valence-corrected chi connectivity index (χ0v) is 15.2. The Morgan fingerprint density at radius 3 is 2.73 bits per heavy atom. The minimum Gasteiger partial charge on any atom is -0.503 e. The maximum Gasteiger partial charge on any atom is 0.329 e. The molecule has 0 aliphatic rings. The van der Waals surface area contributed by atoms with Crippen LogP contribution in [0.15, 0.2) is 46.0 Å². The first kappa shape index (κ1) is 19.4. The molecule has 0 unspecified atom stereocenters. The van der Waals surface area contributed by atoms with Gasteiger partial charge in [0.25, 0.3) is 0 Å². The number of carbonyl (C=O) groups excluding carboxylic acids is 2. The van der Waals surface area contributed by atoms with Gasteiger partial charge in [0.15, 0.2) is 11.5 Å². The summed E-state index contributed by atoms with van der Waals surface area (Å²) in [7, 11) is 0. The van der Waals surface area contributed by atoms with Crippen LogP contribution in [0.4, 0.5) is 10.1 Å². The number of ether oxygens (including phenoxy) is 1. The van der Waals surface area contributed by atoms with Crippen LogP contribution in [-0.2, 0) is 9.59 Å². The molecule has 2 aromatic rings. The number of hydrogen-bond donors (Lipinski definition) is 3. The van der Waals surface area contributed by atoms with Crippen LogP contribution < -0.4 is 15.5 Å². The fourth-order valence-corrected chi connectivity index (χ4v) is 2.35. The molecule has 26 heavy (non-hydrogen) atoms. The van der Waals surface area contributed by atoms with Gasteiger partial charge >= 0.3 is 11.8 Å². The summed E-state index contributed by atoms with van der Waals surface area (Å²) in [5, 5.41) is 15.6. The molecule has 9 heteroatoms. The van der Waals surface area contributed by atoms with Crippen molar-refractivity contribution in [2.75, 3.05) is 11.9 Å². The van der Waals surface area contributed by atoms with E-state index in [1.807, 2.05) is 5.43 Å². The SMILES string of the molecule is CCOc1cc(/C=N\NC(=O)C(=O)Nc2ccccc2F)cc(Br)c1O. The summed E-state index contributed by atoms with van der Waals surface area (Å²) in [5.74, 6) is -2.60. The Morgan fingerprint density at radius 2 is 2.04 bits per heavy atom. The Balaban J connectivity index is 2.00. The average molecular weight is 424 g/mol. The minimum absolute atomic E-state index is 0.0581. The molecule has 0 heterocycles. The number of para-hydroxylation sites is 1. The largest absolute Gasteiger partial charge is 0.503 e. The Hall–Kier alpha value is -2.94. The highest BCUT2D eigenvalue weighted by atomic mass is 79.9. The van der Waals surface area contributed by atoms with Gasteiger partial charge in [-0.05, 0) is 52.7 Å². The second kappa shape index (κ2) is 8.95. The number of rotatable bonds is 5. The van der Waals surface area contributed by atoms with Crippen molar-refractivity contribution in [3.63, 3.8) is 0 Å². The number of benzene rings is 2. The molecule has 0 aliphatic carbocycles. The van der Waals surface area contributed by atoms with Crippen molar-refractivity contribution < 1.29 is 23.8 Å². The van der Waals surface area contributed by atoms with Crippen molar-refractivity contribution in [3.05, 3.63) is 52.3 Å². The van der Waals surface area contributed by atoms with E-state index in [9.17, 15) is 19.1 Å². The molecule has 0 saturated carbocycles. The summed E-state index contributed by atoms with van der Waals surface area (Å²) < 4.78 is 19.1. The minimum atomic E-state index is -1.06. The molecule has 136 valence electrons. The molecule has 7 nitrogen and oxygen atoms in total. The monoisotopic (exact) mass is 423 g/mol. The Kier molecular flexibility index (Phi) is 6.67. The molecule has 0 bridgehead atoms. The first-order chi connectivity index (χ1) is 12.4. The smallest absolute Gasteiger partial charge is 0.329 e. The zero-order valence-electron chi connectivity index (χ0n) is 13.6. The standard InChI is InChI=1S/C17H15BrFN3O4/c1-2-26-14-8-10(7-11(18)15(14)23)9-20-22-17(25)16(24)21-13-6-4-3-5-12(13)19/h3-9,23H,2H2,1H3,(H,21,24)(H,22,25)/b20-9-. The maximum atomic E-state index is 13.4. The van der Waals surface area contributed by atoms with Crippen LogP contribution in [0.1, 0.15) is 12.5 Å². The summed E-state index contributed by atoms with van der Waals surface area (Å²) in [6.45, 7) is 2.12. The van der Waals surface area contributed by atoms with E-state index in [0.717, 1.165) is 6.07 Å². The van der Waals surface area contributed by atoms with Crippen molar-refractivity contribution in [2.24, 2.45) is 5.10 Å². The number of anilines is 1. The first-order valence-electron chi connectivity index (χ1n) is 7.46. The topological polar surface area (TPSA) is 100 Å². The summed E-state index contributed by atoms with van der Waals surface area (Å²) in [5.41, 5.74) is 2.43. The molecule has 0 aliphatic heterocycles. The fourth-order valence-electron chi connectivity index (χ4n) is 1.89. The number of phenolic OH excluding ortho intramolecular Hbond substituents is 1. The second-order valence-corrected chi connectivity index (χ2v) is 5.77. The lowest BCUT2D eigenvalue weighted by Gasteiger charge is -2.08. The van der Waals surface area contributed by atoms with Crippen LogP contribution in [0.2, 0.25) is 0 Å². The number of halogens is 2. The van der Waals surface area contributed by atoms with Crippen LogP contribution >= 0.6 is 15.9 Å². The van der Waals surface area contributed by atoms with E-state index in [1.165, 1.54) is 30.5 Å². The van der Waals surface area contributed by atoms with Crippen molar-refractivity contribution in [3.8, 4) is 11.5 Å². The zero-order chi connectivity index (χ0) is 19.1. The quantitative estimate of drug-likeness (QED) is 0.391. The number of nitrogens with one attached hydrogen (secondary N) is 2. The van der Waals surface area contributed by atoms with E-state index in [4.69, 9.17) is 4.74 Å². The van der Waals surface area contributed by atoms with Gasteiger partial charge in [0, 0.05) is 0 Å². The number of amides is 2. The van der Waals surface area contributed by atoms with E-state index < -0.39 is 17.6 Å². The molecule has 0 atom stereocenters. The van der Waals surface area contributed by atoms with Gasteiger partial charge in [0.1, 0.15) is 5.82 Å². The molecular weight excluding hydrogens is 409 g/mol.